The van der Waals surface area contributed by atoms with Crippen molar-refractivity contribution in [2.24, 2.45) is 11.7 Å². The Morgan fingerprint density at radius 2 is 2.25 bits per heavy atom. The zero-order valence-electron chi connectivity index (χ0n) is 5.18. The number of hydrogen-bond donors (Lipinski definition) is 1. The van der Waals surface area contributed by atoms with E-state index in [4.69, 9.17) is 11.0 Å². The van der Waals surface area contributed by atoms with Gasteiger partial charge in [-0.3, -0.25) is 0 Å². The van der Waals surface area contributed by atoms with E-state index in [1.165, 1.54) is 6.08 Å². The summed E-state index contributed by atoms with van der Waals surface area (Å²) in [5, 5.41) is 8.08. The van der Waals surface area contributed by atoms with Gasteiger partial charge in [0.25, 0.3) is 0 Å². The second-order valence-electron chi connectivity index (χ2n) is 1.93. The van der Waals surface area contributed by atoms with Crippen molar-refractivity contribution < 1.29 is 0 Å². The van der Waals surface area contributed by atoms with Gasteiger partial charge in [0.1, 0.15) is 0 Å². The molecule has 2 N–H and O–H groups in total. The maximum absolute atomic E-state index is 8.08. The third-order valence-corrected chi connectivity index (χ3v) is 0.898. The first-order valence-electron chi connectivity index (χ1n) is 2.53. The summed E-state index contributed by atoms with van der Waals surface area (Å²) in [6.07, 6.45) is 1.37. The molecule has 2 heteroatoms. The van der Waals surface area contributed by atoms with Gasteiger partial charge in [-0.1, -0.05) is 13.8 Å². The predicted octanol–water partition coefficient (Wildman–Crippen LogP) is 1.01. The molecule has 0 amide bonds. The fourth-order valence-electron chi connectivity index (χ4n) is 0.241. The highest BCUT2D eigenvalue weighted by Gasteiger charge is 1.93. The van der Waals surface area contributed by atoms with Gasteiger partial charge >= 0.3 is 0 Å². The molecule has 0 fully saturated rings. The SMILES string of the molecule is CC(C)C(N)=CC#N. The Hall–Kier alpha value is -0.970. The van der Waals surface area contributed by atoms with Crippen molar-refractivity contribution in [3.8, 4) is 6.07 Å². The van der Waals surface area contributed by atoms with Crippen LogP contribution < -0.4 is 5.73 Å². The molecule has 0 aromatic heterocycles. The number of nitrogens with two attached hydrogens (primary N) is 1. The second-order valence-corrected chi connectivity index (χ2v) is 1.93. The third kappa shape index (κ3) is 2.25. The molecule has 0 aliphatic rings. The fourth-order valence-corrected chi connectivity index (χ4v) is 0.241. The summed E-state index contributed by atoms with van der Waals surface area (Å²) in [4.78, 5) is 0. The lowest BCUT2D eigenvalue weighted by Crippen LogP contribution is -2.03. The Morgan fingerprint density at radius 1 is 1.75 bits per heavy atom. The first-order valence-corrected chi connectivity index (χ1v) is 2.53. The lowest BCUT2D eigenvalue weighted by atomic mass is 10.1. The van der Waals surface area contributed by atoms with Crippen molar-refractivity contribution in [2.75, 3.05) is 0 Å². The van der Waals surface area contributed by atoms with Crippen LogP contribution in [0, 0.1) is 17.2 Å². The molecule has 0 saturated carbocycles. The van der Waals surface area contributed by atoms with Crippen molar-refractivity contribution in [2.45, 2.75) is 13.8 Å². The van der Waals surface area contributed by atoms with E-state index in [1.54, 1.807) is 0 Å². The maximum atomic E-state index is 8.08. The van der Waals surface area contributed by atoms with E-state index in [0.717, 1.165) is 0 Å². The highest BCUT2D eigenvalue weighted by Crippen LogP contribution is 1.99. The van der Waals surface area contributed by atoms with Crippen LogP contribution in [0.1, 0.15) is 13.8 Å². The number of rotatable bonds is 1. The van der Waals surface area contributed by atoms with Gasteiger partial charge in [-0.2, -0.15) is 5.26 Å². The molecule has 0 aliphatic carbocycles. The fraction of sp³-hybridized carbons (Fsp3) is 0.500. The Bertz CT molecular complexity index is 128. The Kier molecular flexibility index (Phi) is 2.71. The minimum atomic E-state index is 0.287. The number of nitrogens with zero attached hydrogens (tertiary/aromatic N) is 1. The molecule has 0 radical (unpaired) electrons. The average molecular weight is 110 g/mol. The largest absolute Gasteiger partial charge is 0.401 e. The van der Waals surface area contributed by atoms with E-state index < -0.39 is 0 Å². The predicted molar refractivity (Wildman–Crippen MR) is 32.7 cm³/mol. The molecule has 0 rings (SSSR count). The lowest BCUT2D eigenvalue weighted by Gasteiger charge is -1.99. The molecule has 0 saturated heterocycles. The summed E-state index contributed by atoms with van der Waals surface area (Å²) in [5.41, 5.74) is 6.01. The van der Waals surface area contributed by atoms with E-state index >= 15 is 0 Å². The van der Waals surface area contributed by atoms with Gasteiger partial charge in [-0.25, -0.2) is 0 Å². The van der Waals surface area contributed by atoms with Crippen LogP contribution in [0.3, 0.4) is 0 Å². The van der Waals surface area contributed by atoms with Crippen molar-refractivity contribution in [1.29, 1.82) is 5.26 Å². The Morgan fingerprint density at radius 3 is 2.38 bits per heavy atom. The highest BCUT2D eigenvalue weighted by atomic mass is 14.6. The van der Waals surface area contributed by atoms with Gasteiger partial charge in [0.05, 0.1) is 6.07 Å². The van der Waals surface area contributed by atoms with Crippen LogP contribution >= 0.6 is 0 Å². The highest BCUT2D eigenvalue weighted by molar-refractivity contribution is 5.11. The van der Waals surface area contributed by atoms with Crippen LogP contribution in [-0.4, -0.2) is 0 Å². The quantitative estimate of drug-likeness (QED) is 0.512. The van der Waals surface area contributed by atoms with Crippen molar-refractivity contribution in [3.63, 3.8) is 0 Å². The first kappa shape index (κ1) is 7.03. The molecule has 0 atom stereocenters. The van der Waals surface area contributed by atoms with Gasteiger partial charge < -0.3 is 5.73 Å². The van der Waals surface area contributed by atoms with Gasteiger partial charge in [-0.05, 0) is 5.92 Å². The zero-order chi connectivity index (χ0) is 6.57. The molecule has 0 aromatic rings. The molecule has 8 heavy (non-hydrogen) atoms. The standard InChI is InChI=1S/C6H10N2/c1-5(2)6(8)3-4-7/h3,5H,8H2,1-2H3. The molecular weight excluding hydrogens is 100 g/mol. The lowest BCUT2D eigenvalue weighted by molar-refractivity contribution is 0.758. The molecule has 0 bridgehead atoms. The van der Waals surface area contributed by atoms with Gasteiger partial charge in [0, 0.05) is 11.8 Å². The topological polar surface area (TPSA) is 49.8 Å². The molecule has 0 heterocycles. The van der Waals surface area contributed by atoms with Crippen LogP contribution in [0.4, 0.5) is 0 Å². The Balaban J connectivity index is 3.85. The smallest absolute Gasteiger partial charge is 0.0930 e. The molecule has 0 spiro atoms. The number of nitriles is 1. The molecule has 0 aliphatic heterocycles. The van der Waals surface area contributed by atoms with Crippen LogP contribution in [0.15, 0.2) is 11.8 Å². The zero-order valence-corrected chi connectivity index (χ0v) is 5.18. The van der Waals surface area contributed by atoms with E-state index in [0.29, 0.717) is 5.70 Å². The molecule has 2 nitrogen and oxygen atoms in total. The summed E-state index contributed by atoms with van der Waals surface area (Å²) >= 11 is 0. The average Bonchev–Trinajstić information content (AvgIpc) is 1.67. The molecule has 0 unspecified atom stereocenters. The summed E-state index contributed by atoms with van der Waals surface area (Å²) < 4.78 is 0. The minimum Gasteiger partial charge on any atom is -0.401 e. The van der Waals surface area contributed by atoms with Crippen LogP contribution in [0.2, 0.25) is 0 Å². The van der Waals surface area contributed by atoms with Crippen molar-refractivity contribution >= 4 is 0 Å². The molecule has 0 aromatic carbocycles. The van der Waals surface area contributed by atoms with Crippen LogP contribution in [-0.2, 0) is 0 Å². The third-order valence-electron chi connectivity index (χ3n) is 0.898. The second kappa shape index (κ2) is 3.09. The van der Waals surface area contributed by atoms with Crippen LogP contribution in [0.25, 0.3) is 0 Å². The summed E-state index contributed by atoms with van der Waals surface area (Å²) in [5.74, 6) is 0.287. The monoisotopic (exact) mass is 110 g/mol. The van der Waals surface area contributed by atoms with E-state index in [1.807, 2.05) is 19.9 Å². The molecule has 44 valence electrons. The van der Waals surface area contributed by atoms with E-state index in [-0.39, 0.29) is 5.92 Å². The van der Waals surface area contributed by atoms with Crippen molar-refractivity contribution in [3.05, 3.63) is 11.8 Å². The minimum absolute atomic E-state index is 0.287. The summed E-state index contributed by atoms with van der Waals surface area (Å²) in [6, 6.07) is 1.86. The summed E-state index contributed by atoms with van der Waals surface area (Å²) in [7, 11) is 0. The number of hydrogen-bond acceptors (Lipinski definition) is 2. The van der Waals surface area contributed by atoms with Gasteiger partial charge in [0.2, 0.25) is 0 Å². The first-order chi connectivity index (χ1) is 3.68. The van der Waals surface area contributed by atoms with E-state index in [2.05, 4.69) is 0 Å². The number of allylic oxidation sites excluding steroid dienone is 2. The maximum Gasteiger partial charge on any atom is 0.0930 e. The normalized spacial score (nSPS) is 11.5. The van der Waals surface area contributed by atoms with E-state index in [9.17, 15) is 0 Å². The molecular formula is C6H10N2. The summed E-state index contributed by atoms with van der Waals surface area (Å²) in [6.45, 7) is 3.90. The van der Waals surface area contributed by atoms with Crippen LogP contribution in [0.5, 0.6) is 0 Å². The van der Waals surface area contributed by atoms with Crippen molar-refractivity contribution in [1.82, 2.24) is 0 Å². The Labute approximate surface area is 49.6 Å². The van der Waals surface area contributed by atoms with Gasteiger partial charge in [0.15, 0.2) is 0 Å². The van der Waals surface area contributed by atoms with Gasteiger partial charge in [-0.15, -0.1) is 0 Å².